The SMILES string of the molecule is CCC[C@H]1[C@H]2C[C@H](CN(c3ncnc4cccc(F)c34)C2)c2cccc(=O)n21. The molecular weight excluding hydrogens is 355 g/mol. The highest BCUT2D eigenvalue weighted by atomic mass is 19.1. The molecule has 1 aromatic carbocycles. The zero-order valence-electron chi connectivity index (χ0n) is 15.9. The lowest BCUT2D eigenvalue weighted by molar-refractivity contribution is 0.201. The minimum absolute atomic E-state index is 0.0950. The number of piperidine rings is 1. The standard InChI is InChI=1S/C22H23FN4O/c1-2-5-18-14-10-15(19-8-4-9-20(28)27(18)19)12-26(11-14)22-21-16(23)6-3-7-17(21)24-13-25-22/h3-4,6-9,13-15,18H,2,5,10-12H2,1H3/t14-,15+,18-/m0/s1. The van der Waals surface area contributed by atoms with Gasteiger partial charge in [0.2, 0.25) is 0 Å². The monoisotopic (exact) mass is 378 g/mol. The summed E-state index contributed by atoms with van der Waals surface area (Å²) in [5.74, 6) is 0.978. The fourth-order valence-corrected chi connectivity index (χ4v) is 5.17. The Morgan fingerprint density at radius 2 is 2.00 bits per heavy atom. The number of nitrogens with zero attached hydrogens (tertiary/aromatic N) is 4. The van der Waals surface area contributed by atoms with E-state index in [0.717, 1.165) is 38.0 Å². The van der Waals surface area contributed by atoms with Crippen LogP contribution in [0.1, 0.15) is 43.8 Å². The van der Waals surface area contributed by atoms with Crippen LogP contribution in [0, 0.1) is 11.7 Å². The predicted molar refractivity (Wildman–Crippen MR) is 107 cm³/mol. The summed E-state index contributed by atoms with van der Waals surface area (Å²) in [4.78, 5) is 23.5. The van der Waals surface area contributed by atoms with Crippen molar-refractivity contribution in [3.8, 4) is 0 Å². The molecule has 0 unspecified atom stereocenters. The van der Waals surface area contributed by atoms with Crippen LogP contribution in [0.4, 0.5) is 10.2 Å². The number of anilines is 1. The Bertz CT molecular complexity index is 1090. The third-order valence-electron chi connectivity index (χ3n) is 6.27. The molecule has 6 heteroatoms. The Kier molecular flexibility index (Phi) is 4.14. The second-order valence-corrected chi connectivity index (χ2v) is 7.94. The number of hydrogen-bond donors (Lipinski definition) is 0. The van der Waals surface area contributed by atoms with E-state index < -0.39 is 0 Å². The van der Waals surface area contributed by atoms with Gasteiger partial charge in [-0.05, 0) is 37.0 Å². The molecule has 0 saturated carbocycles. The normalized spacial score (nSPS) is 23.6. The van der Waals surface area contributed by atoms with E-state index in [2.05, 4.69) is 27.9 Å². The average molecular weight is 378 g/mol. The summed E-state index contributed by atoms with van der Waals surface area (Å²) in [5, 5.41) is 0.488. The predicted octanol–water partition coefficient (Wildman–Crippen LogP) is 3.90. The summed E-state index contributed by atoms with van der Waals surface area (Å²) < 4.78 is 16.7. The molecule has 4 heterocycles. The number of fused-ring (bicyclic) bond motifs is 5. The molecule has 0 amide bonds. The van der Waals surface area contributed by atoms with Crippen LogP contribution in [0.5, 0.6) is 0 Å². The molecule has 2 bridgehead atoms. The van der Waals surface area contributed by atoms with E-state index in [1.165, 1.54) is 12.4 Å². The van der Waals surface area contributed by atoms with Crippen LogP contribution in [0.3, 0.4) is 0 Å². The van der Waals surface area contributed by atoms with Gasteiger partial charge in [-0.15, -0.1) is 0 Å². The van der Waals surface area contributed by atoms with Crippen LogP contribution in [0.2, 0.25) is 0 Å². The Morgan fingerprint density at radius 3 is 2.86 bits per heavy atom. The van der Waals surface area contributed by atoms with Gasteiger partial charge in [0.15, 0.2) is 0 Å². The highest BCUT2D eigenvalue weighted by Crippen LogP contribution is 2.44. The van der Waals surface area contributed by atoms with Crippen LogP contribution in [0.25, 0.3) is 10.9 Å². The third kappa shape index (κ3) is 2.62. The topological polar surface area (TPSA) is 51.0 Å². The molecule has 1 saturated heterocycles. The summed E-state index contributed by atoms with van der Waals surface area (Å²) in [7, 11) is 0. The van der Waals surface area contributed by atoms with E-state index in [0.29, 0.717) is 22.6 Å². The molecule has 0 spiro atoms. The fourth-order valence-electron chi connectivity index (χ4n) is 5.17. The second-order valence-electron chi connectivity index (χ2n) is 7.94. The lowest BCUT2D eigenvalue weighted by atomic mass is 9.77. The number of halogens is 1. The number of rotatable bonds is 3. The Balaban J connectivity index is 1.62. The largest absolute Gasteiger partial charge is 0.355 e. The molecule has 0 aliphatic carbocycles. The lowest BCUT2D eigenvalue weighted by Gasteiger charge is -2.47. The molecule has 0 radical (unpaired) electrons. The average Bonchev–Trinajstić information content (AvgIpc) is 2.71. The van der Waals surface area contributed by atoms with E-state index in [9.17, 15) is 9.18 Å². The molecule has 1 fully saturated rings. The lowest BCUT2D eigenvalue weighted by Crippen LogP contribution is -2.49. The summed E-state index contributed by atoms with van der Waals surface area (Å²) in [6, 6.07) is 10.8. The first-order chi connectivity index (χ1) is 13.7. The highest BCUT2D eigenvalue weighted by Gasteiger charge is 2.40. The first-order valence-electron chi connectivity index (χ1n) is 10.0. The van der Waals surface area contributed by atoms with E-state index in [1.807, 2.05) is 16.7 Å². The zero-order valence-corrected chi connectivity index (χ0v) is 15.9. The first-order valence-corrected chi connectivity index (χ1v) is 10.0. The quantitative estimate of drug-likeness (QED) is 0.694. The second kappa shape index (κ2) is 6.69. The molecule has 2 aliphatic rings. The molecule has 3 aromatic rings. The zero-order chi connectivity index (χ0) is 19.3. The number of hydrogen-bond acceptors (Lipinski definition) is 4. The van der Waals surface area contributed by atoms with Gasteiger partial charge in [-0.2, -0.15) is 0 Å². The Hall–Kier alpha value is -2.76. The summed E-state index contributed by atoms with van der Waals surface area (Å²) in [6.45, 7) is 3.68. The van der Waals surface area contributed by atoms with Gasteiger partial charge in [-0.1, -0.05) is 25.5 Å². The van der Waals surface area contributed by atoms with Crippen molar-refractivity contribution in [1.29, 1.82) is 0 Å². The van der Waals surface area contributed by atoms with Gasteiger partial charge < -0.3 is 9.47 Å². The maximum Gasteiger partial charge on any atom is 0.250 e. The molecular formula is C22H23FN4O. The van der Waals surface area contributed by atoms with Crippen molar-refractivity contribution in [2.45, 2.75) is 38.1 Å². The van der Waals surface area contributed by atoms with Crippen molar-refractivity contribution < 1.29 is 4.39 Å². The molecule has 3 atom stereocenters. The van der Waals surface area contributed by atoms with Crippen molar-refractivity contribution in [1.82, 2.24) is 14.5 Å². The van der Waals surface area contributed by atoms with Gasteiger partial charge >= 0.3 is 0 Å². The summed E-state index contributed by atoms with van der Waals surface area (Å²) >= 11 is 0. The number of benzene rings is 1. The van der Waals surface area contributed by atoms with Gasteiger partial charge in [-0.25, -0.2) is 14.4 Å². The van der Waals surface area contributed by atoms with Crippen molar-refractivity contribution in [2.24, 2.45) is 5.92 Å². The van der Waals surface area contributed by atoms with E-state index in [-0.39, 0.29) is 23.3 Å². The molecule has 5 rings (SSSR count). The van der Waals surface area contributed by atoms with Crippen LogP contribution in [0.15, 0.2) is 47.5 Å². The van der Waals surface area contributed by atoms with Gasteiger partial charge in [0.05, 0.1) is 10.9 Å². The van der Waals surface area contributed by atoms with Gasteiger partial charge in [0.1, 0.15) is 18.0 Å². The summed E-state index contributed by atoms with van der Waals surface area (Å²) in [5.41, 5.74) is 1.82. The van der Waals surface area contributed by atoms with E-state index in [4.69, 9.17) is 0 Å². The molecule has 5 nitrogen and oxygen atoms in total. The van der Waals surface area contributed by atoms with Gasteiger partial charge in [0.25, 0.3) is 5.56 Å². The van der Waals surface area contributed by atoms with Crippen molar-refractivity contribution in [2.75, 3.05) is 18.0 Å². The fraction of sp³-hybridized carbons (Fsp3) is 0.409. The summed E-state index contributed by atoms with van der Waals surface area (Å²) in [6.07, 6.45) is 4.58. The van der Waals surface area contributed by atoms with Crippen molar-refractivity contribution >= 4 is 16.7 Å². The molecule has 144 valence electrons. The van der Waals surface area contributed by atoms with Gasteiger partial charge in [-0.3, -0.25) is 4.79 Å². The number of pyridine rings is 1. The molecule has 2 aromatic heterocycles. The molecule has 28 heavy (non-hydrogen) atoms. The smallest absolute Gasteiger partial charge is 0.250 e. The highest BCUT2D eigenvalue weighted by molar-refractivity contribution is 5.89. The minimum atomic E-state index is -0.287. The van der Waals surface area contributed by atoms with Crippen LogP contribution >= 0.6 is 0 Å². The number of aromatic nitrogens is 3. The van der Waals surface area contributed by atoms with Gasteiger partial charge in [0, 0.05) is 36.8 Å². The van der Waals surface area contributed by atoms with Crippen LogP contribution in [-0.2, 0) is 0 Å². The van der Waals surface area contributed by atoms with E-state index in [1.54, 1.807) is 12.1 Å². The maximum atomic E-state index is 14.6. The minimum Gasteiger partial charge on any atom is -0.355 e. The first kappa shape index (κ1) is 17.3. The van der Waals surface area contributed by atoms with Crippen molar-refractivity contribution in [3.63, 3.8) is 0 Å². The molecule has 0 N–H and O–H groups in total. The van der Waals surface area contributed by atoms with E-state index >= 15 is 0 Å². The molecule has 2 aliphatic heterocycles. The Labute approximate surface area is 162 Å². The van der Waals surface area contributed by atoms with Crippen LogP contribution in [-0.4, -0.2) is 27.6 Å². The van der Waals surface area contributed by atoms with Crippen LogP contribution < -0.4 is 10.5 Å². The van der Waals surface area contributed by atoms with Crippen molar-refractivity contribution in [3.05, 3.63) is 64.6 Å². The third-order valence-corrected chi connectivity index (χ3v) is 6.27. The Morgan fingerprint density at radius 1 is 1.14 bits per heavy atom. The maximum absolute atomic E-state index is 14.6.